The second-order valence-corrected chi connectivity index (χ2v) is 12.4. The maximum Gasteiger partial charge on any atom is 0.305 e. The number of nitrogens with one attached hydrogen (secondary N) is 2. The Morgan fingerprint density at radius 1 is 1.07 bits per heavy atom. The zero-order chi connectivity index (χ0) is 31.9. The fraction of sp³-hybridized carbons (Fsp3) is 0.645. The van der Waals surface area contributed by atoms with Gasteiger partial charge in [-0.25, -0.2) is 0 Å². The minimum atomic E-state index is -0.877. The Hall–Kier alpha value is -3.67. The molecule has 0 radical (unpaired) electrons. The van der Waals surface area contributed by atoms with Gasteiger partial charge in [-0.05, 0) is 42.9 Å². The van der Waals surface area contributed by atoms with E-state index in [-0.39, 0.29) is 43.2 Å². The van der Waals surface area contributed by atoms with E-state index in [9.17, 15) is 24.3 Å². The number of carbonyl (C=O) groups is 4. The van der Waals surface area contributed by atoms with Crippen LogP contribution in [0.1, 0.15) is 84.2 Å². The largest absolute Gasteiger partial charge is 0.479 e. The molecule has 3 N–H and O–H groups in total. The smallest absolute Gasteiger partial charge is 0.305 e. The van der Waals surface area contributed by atoms with E-state index in [0.717, 1.165) is 29.3 Å². The molecule has 1 aliphatic rings. The topological polar surface area (TPSA) is 152 Å². The normalized spacial score (nSPS) is 18.3. The summed E-state index contributed by atoms with van der Waals surface area (Å²) in [6.07, 6.45) is 2.75. The Morgan fingerprint density at radius 2 is 1.74 bits per heavy atom. The third-order valence-electron chi connectivity index (χ3n) is 7.94. The molecule has 0 unspecified atom stereocenters. The van der Waals surface area contributed by atoms with Crippen molar-refractivity contribution in [2.24, 2.45) is 12.5 Å². The molecule has 1 fully saturated rings. The third-order valence-corrected chi connectivity index (χ3v) is 7.94. The highest BCUT2D eigenvalue weighted by Gasteiger charge is 2.44. The zero-order valence-electron chi connectivity index (χ0n) is 26.4. The lowest BCUT2D eigenvalue weighted by Gasteiger charge is -2.35. The number of aromatic nitrogens is 2. The van der Waals surface area contributed by atoms with E-state index in [4.69, 9.17) is 4.74 Å². The van der Waals surface area contributed by atoms with Crippen molar-refractivity contribution in [3.8, 4) is 5.88 Å². The van der Waals surface area contributed by atoms with Crippen molar-refractivity contribution in [3.63, 3.8) is 0 Å². The van der Waals surface area contributed by atoms with Gasteiger partial charge in [-0.1, -0.05) is 39.7 Å². The summed E-state index contributed by atoms with van der Waals surface area (Å²) in [5, 5.41) is 21.5. The van der Waals surface area contributed by atoms with Crippen LogP contribution in [0.15, 0.2) is 18.2 Å². The van der Waals surface area contributed by atoms with E-state index < -0.39 is 29.5 Å². The van der Waals surface area contributed by atoms with Crippen molar-refractivity contribution in [1.82, 2.24) is 25.3 Å². The van der Waals surface area contributed by atoms with E-state index >= 15 is 0 Å². The Bertz CT molecular complexity index is 1300. The maximum absolute atomic E-state index is 13.8. The maximum atomic E-state index is 13.8. The molecule has 3 rings (SSSR count). The molecule has 0 bridgehead atoms. The Morgan fingerprint density at radius 3 is 2.37 bits per heavy atom. The number of amides is 3. The van der Waals surface area contributed by atoms with Crippen LogP contribution < -0.4 is 15.4 Å². The van der Waals surface area contributed by atoms with Gasteiger partial charge in [0, 0.05) is 32.9 Å². The molecule has 238 valence electrons. The van der Waals surface area contributed by atoms with Crippen LogP contribution in [0.3, 0.4) is 0 Å². The summed E-state index contributed by atoms with van der Waals surface area (Å²) in [5.41, 5.74) is 1.10. The van der Waals surface area contributed by atoms with Gasteiger partial charge in [0.25, 0.3) is 0 Å². The summed E-state index contributed by atoms with van der Waals surface area (Å²) in [4.78, 5) is 52.8. The van der Waals surface area contributed by atoms with Gasteiger partial charge in [0.05, 0.1) is 37.3 Å². The van der Waals surface area contributed by atoms with Crippen LogP contribution >= 0.6 is 0 Å². The fourth-order valence-corrected chi connectivity index (χ4v) is 5.43. The lowest BCUT2D eigenvalue weighted by Crippen LogP contribution is -2.57. The predicted molar refractivity (Wildman–Crippen MR) is 161 cm³/mol. The third kappa shape index (κ3) is 8.68. The molecule has 43 heavy (non-hydrogen) atoms. The number of hydrogen-bond acceptors (Lipinski definition) is 8. The minimum Gasteiger partial charge on any atom is -0.479 e. The van der Waals surface area contributed by atoms with Crippen molar-refractivity contribution < 1.29 is 33.8 Å². The number of aliphatic hydroxyl groups excluding tert-OH is 1. The zero-order valence-corrected chi connectivity index (χ0v) is 26.4. The number of nitrogens with zero attached hydrogens (tertiary/aromatic N) is 3. The van der Waals surface area contributed by atoms with Crippen LogP contribution in [-0.2, 0) is 31.0 Å². The van der Waals surface area contributed by atoms with Gasteiger partial charge in [0.15, 0.2) is 0 Å². The number of ether oxygens (including phenoxy) is 2. The molecule has 0 spiro atoms. The summed E-state index contributed by atoms with van der Waals surface area (Å²) in [7, 11) is 4.75. The molecule has 0 saturated carbocycles. The van der Waals surface area contributed by atoms with Gasteiger partial charge in [0.2, 0.25) is 23.6 Å². The van der Waals surface area contributed by atoms with Gasteiger partial charge in [-0.3, -0.25) is 23.9 Å². The van der Waals surface area contributed by atoms with Crippen molar-refractivity contribution >= 4 is 34.6 Å². The SMILES string of the molecule is COC(=O)CCCCCCC(=O)N[C@H](C(=O)N1C[C@H](O)C[C@H]1C(=O)N[C@@H](C)c1ccc2c(c1)c(OC)nn2C)C(C)(C)C. The monoisotopic (exact) mass is 601 g/mol. The molecule has 4 atom stereocenters. The van der Waals surface area contributed by atoms with Crippen LogP contribution in [-0.4, -0.2) is 82.4 Å². The molecule has 1 aliphatic heterocycles. The number of methoxy groups -OCH3 is 2. The number of hydrogen-bond donors (Lipinski definition) is 3. The van der Waals surface area contributed by atoms with E-state index in [0.29, 0.717) is 25.1 Å². The number of carbonyl (C=O) groups excluding carboxylic acids is 4. The first-order valence-corrected chi connectivity index (χ1v) is 14.9. The summed E-state index contributed by atoms with van der Waals surface area (Å²) in [6.45, 7) is 7.43. The van der Waals surface area contributed by atoms with Crippen molar-refractivity contribution in [1.29, 1.82) is 0 Å². The Kier molecular flexibility index (Phi) is 11.5. The lowest BCUT2D eigenvalue weighted by atomic mass is 9.85. The molecular formula is C31H47N5O7. The van der Waals surface area contributed by atoms with Gasteiger partial charge < -0.3 is 30.1 Å². The Labute approximate surface area is 253 Å². The van der Waals surface area contributed by atoms with Crippen molar-refractivity contribution in [2.45, 2.75) is 96.9 Å². The van der Waals surface area contributed by atoms with E-state index in [1.165, 1.54) is 12.0 Å². The van der Waals surface area contributed by atoms with Crippen LogP contribution in [0.4, 0.5) is 0 Å². The van der Waals surface area contributed by atoms with Crippen LogP contribution in [0.25, 0.3) is 10.9 Å². The van der Waals surface area contributed by atoms with Gasteiger partial charge in [-0.2, -0.15) is 0 Å². The molecular weight excluding hydrogens is 554 g/mol. The van der Waals surface area contributed by atoms with Crippen LogP contribution in [0.2, 0.25) is 0 Å². The highest BCUT2D eigenvalue weighted by Crippen LogP contribution is 2.29. The first-order chi connectivity index (χ1) is 20.3. The fourth-order valence-electron chi connectivity index (χ4n) is 5.43. The number of β-amino-alcohol motifs (C(OH)–C–C–N with tert-alkyl or cyclic N) is 1. The minimum absolute atomic E-state index is 0.00673. The van der Waals surface area contributed by atoms with Gasteiger partial charge in [0.1, 0.15) is 12.1 Å². The number of likely N-dealkylation sites (tertiary alicyclic amines) is 1. The molecule has 2 heterocycles. The molecule has 2 aromatic rings. The van der Waals surface area contributed by atoms with E-state index in [1.54, 1.807) is 11.8 Å². The molecule has 1 aromatic carbocycles. The number of aryl methyl sites for hydroxylation is 1. The van der Waals surface area contributed by atoms with Crippen molar-refractivity contribution in [3.05, 3.63) is 23.8 Å². The molecule has 12 heteroatoms. The second-order valence-electron chi connectivity index (χ2n) is 12.4. The molecule has 3 amide bonds. The number of unbranched alkanes of at least 4 members (excludes halogenated alkanes) is 3. The number of rotatable bonds is 13. The first kappa shape index (κ1) is 33.8. The highest BCUT2D eigenvalue weighted by molar-refractivity contribution is 5.93. The average Bonchev–Trinajstić information content (AvgIpc) is 3.51. The molecule has 1 saturated heterocycles. The van der Waals surface area contributed by atoms with Gasteiger partial charge in [-0.15, -0.1) is 5.10 Å². The van der Waals surface area contributed by atoms with Gasteiger partial charge >= 0.3 is 5.97 Å². The van der Waals surface area contributed by atoms with Crippen LogP contribution in [0, 0.1) is 5.41 Å². The Balaban J connectivity index is 1.64. The van der Waals surface area contributed by atoms with E-state index in [2.05, 4.69) is 20.5 Å². The summed E-state index contributed by atoms with van der Waals surface area (Å²) in [6, 6.07) is 3.60. The lowest BCUT2D eigenvalue weighted by molar-refractivity contribution is -0.144. The molecule has 0 aliphatic carbocycles. The summed E-state index contributed by atoms with van der Waals surface area (Å²) in [5.74, 6) is -0.782. The number of aliphatic hydroxyl groups is 1. The molecule has 12 nitrogen and oxygen atoms in total. The number of fused-ring (bicyclic) bond motifs is 1. The summed E-state index contributed by atoms with van der Waals surface area (Å²) >= 11 is 0. The number of esters is 1. The second kappa shape index (κ2) is 14.7. The average molecular weight is 602 g/mol. The quantitative estimate of drug-likeness (QED) is 0.234. The highest BCUT2D eigenvalue weighted by atomic mass is 16.5. The van der Waals surface area contributed by atoms with Crippen molar-refractivity contribution in [2.75, 3.05) is 20.8 Å². The van der Waals surface area contributed by atoms with E-state index in [1.807, 2.05) is 52.9 Å². The number of benzene rings is 1. The van der Waals surface area contributed by atoms with Crippen LogP contribution in [0.5, 0.6) is 5.88 Å². The predicted octanol–water partition coefficient (Wildman–Crippen LogP) is 2.77. The summed E-state index contributed by atoms with van der Waals surface area (Å²) < 4.78 is 11.8. The standard InChI is InChI=1S/C31H47N5O7/c1-19(20-14-15-23-22(16-20)29(43-7)34-35(23)5)32-28(40)24-17-21(37)18-36(24)30(41)27(31(2,3)4)33-25(38)12-10-8-9-11-13-26(39)42-6/h14-16,19,21,24,27,37H,8-13,17-18H2,1-7H3,(H,32,40)(H,33,38)/t19-,21+,24-,27+/m0/s1. The first-order valence-electron chi connectivity index (χ1n) is 14.9. The molecule has 1 aromatic heterocycles.